The lowest BCUT2D eigenvalue weighted by molar-refractivity contribution is 0.642. The number of nitrogens with zero attached hydrogens (tertiary/aromatic N) is 1. The van der Waals surface area contributed by atoms with Gasteiger partial charge in [0.05, 0.1) is 0 Å². The SMILES string of the molecule is CC(C)n1c2ccccc2c2cc(-c3ccc(C4=CCCC=C4)cc3)ccc21. The summed E-state index contributed by atoms with van der Waals surface area (Å²) in [6.45, 7) is 4.51. The monoisotopic (exact) mass is 363 g/mol. The summed E-state index contributed by atoms with van der Waals surface area (Å²) in [5.41, 5.74) is 7.82. The van der Waals surface area contributed by atoms with Gasteiger partial charge in [0.1, 0.15) is 0 Å². The van der Waals surface area contributed by atoms with E-state index in [0.29, 0.717) is 6.04 Å². The minimum absolute atomic E-state index is 0.435. The molecule has 0 atom stereocenters. The molecule has 0 fully saturated rings. The molecule has 1 aliphatic rings. The van der Waals surface area contributed by atoms with E-state index in [-0.39, 0.29) is 0 Å². The molecule has 0 unspecified atom stereocenters. The van der Waals surface area contributed by atoms with Crippen molar-refractivity contribution in [3.8, 4) is 11.1 Å². The van der Waals surface area contributed by atoms with Crippen molar-refractivity contribution in [2.24, 2.45) is 0 Å². The minimum atomic E-state index is 0.435. The molecule has 28 heavy (non-hydrogen) atoms. The van der Waals surface area contributed by atoms with Crippen molar-refractivity contribution in [1.29, 1.82) is 0 Å². The molecule has 0 saturated heterocycles. The van der Waals surface area contributed by atoms with E-state index in [1.807, 2.05) is 0 Å². The van der Waals surface area contributed by atoms with Crippen molar-refractivity contribution in [3.05, 3.63) is 90.5 Å². The molecule has 1 heterocycles. The van der Waals surface area contributed by atoms with Crippen LogP contribution in [-0.4, -0.2) is 4.57 Å². The van der Waals surface area contributed by atoms with Crippen LogP contribution in [0.25, 0.3) is 38.5 Å². The van der Waals surface area contributed by atoms with Gasteiger partial charge in [-0.15, -0.1) is 0 Å². The Hall–Kier alpha value is -3.06. The van der Waals surface area contributed by atoms with Gasteiger partial charge in [-0.3, -0.25) is 0 Å². The van der Waals surface area contributed by atoms with E-state index in [1.165, 1.54) is 44.1 Å². The average molecular weight is 364 g/mol. The zero-order valence-electron chi connectivity index (χ0n) is 16.5. The Morgan fingerprint density at radius 1 is 0.714 bits per heavy atom. The van der Waals surface area contributed by atoms with Crippen LogP contribution < -0.4 is 0 Å². The van der Waals surface area contributed by atoms with Gasteiger partial charge in [-0.2, -0.15) is 0 Å². The highest BCUT2D eigenvalue weighted by Crippen LogP contribution is 2.35. The van der Waals surface area contributed by atoms with Crippen molar-refractivity contribution < 1.29 is 0 Å². The second-order valence-corrected chi connectivity index (χ2v) is 7.93. The normalized spacial score (nSPS) is 14.2. The molecular formula is C27H25N. The van der Waals surface area contributed by atoms with Crippen LogP contribution in [0, 0.1) is 0 Å². The highest BCUT2D eigenvalue weighted by Gasteiger charge is 2.13. The van der Waals surface area contributed by atoms with E-state index in [4.69, 9.17) is 0 Å². The largest absolute Gasteiger partial charge is 0.338 e. The van der Waals surface area contributed by atoms with Crippen LogP contribution in [0.1, 0.15) is 38.3 Å². The maximum atomic E-state index is 2.44. The van der Waals surface area contributed by atoms with Crippen molar-refractivity contribution in [2.75, 3.05) is 0 Å². The highest BCUT2D eigenvalue weighted by atomic mass is 15.0. The number of allylic oxidation sites excluding steroid dienone is 4. The molecule has 1 aliphatic carbocycles. The van der Waals surface area contributed by atoms with E-state index in [9.17, 15) is 0 Å². The molecule has 0 saturated carbocycles. The maximum absolute atomic E-state index is 2.44. The standard InChI is InChI=1S/C27H25N/c1-19(2)28-26-11-7-6-10-24(26)25-18-23(16-17-27(25)28)22-14-12-21(13-15-22)20-8-4-3-5-9-20/h4,6-19H,3,5H2,1-2H3. The van der Waals surface area contributed by atoms with Crippen LogP contribution in [0.2, 0.25) is 0 Å². The molecule has 1 nitrogen and oxygen atoms in total. The summed E-state index contributed by atoms with van der Waals surface area (Å²) in [5.74, 6) is 0. The summed E-state index contributed by atoms with van der Waals surface area (Å²) in [7, 11) is 0. The Morgan fingerprint density at radius 2 is 1.43 bits per heavy atom. The first-order valence-electron chi connectivity index (χ1n) is 10.2. The lowest BCUT2D eigenvalue weighted by Crippen LogP contribution is -1.99. The Bertz CT molecular complexity index is 1220. The molecule has 3 aromatic carbocycles. The number of hydrogen-bond acceptors (Lipinski definition) is 0. The number of aromatic nitrogens is 1. The smallest absolute Gasteiger partial charge is 0.0494 e. The van der Waals surface area contributed by atoms with Gasteiger partial charge < -0.3 is 4.57 Å². The van der Waals surface area contributed by atoms with Gasteiger partial charge in [-0.05, 0) is 67.2 Å². The second-order valence-electron chi connectivity index (χ2n) is 7.93. The number of rotatable bonds is 3. The van der Waals surface area contributed by atoms with Gasteiger partial charge in [0, 0.05) is 27.8 Å². The van der Waals surface area contributed by atoms with Gasteiger partial charge in [-0.25, -0.2) is 0 Å². The lowest BCUT2D eigenvalue weighted by atomic mass is 9.96. The molecule has 138 valence electrons. The van der Waals surface area contributed by atoms with Crippen LogP contribution in [-0.2, 0) is 0 Å². The molecule has 0 radical (unpaired) electrons. The molecule has 5 rings (SSSR count). The van der Waals surface area contributed by atoms with Crippen LogP contribution in [0.4, 0.5) is 0 Å². The summed E-state index contributed by atoms with van der Waals surface area (Å²) in [4.78, 5) is 0. The van der Waals surface area contributed by atoms with Crippen molar-refractivity contribution in [2.45, 2.75) is 32.7 Å². The van der Waals surface area contributed by atoms with Crippen LogP contribution >= 0.6 is 0 Å². The van der Waals surface area contributed by atoms with Gasteiger partial charge in [0.25, 0.3) is 0 Å². The predicted octanol–water partition coefficient (Wildman–Crippen LogP) is 7.78. The van der Waals surface area contributed by atoms with Crippen molar-refractivity contribution in [3.63, 3.8) is 0 Å². The number of para-hydroxylation sites is 1. The van der Waals surface area contributed by atoms with Crippen LogP contribution in [0.5, 0.6) is 0 Å². The third kappa shape index (κ3) is 2.79. The van der Waals surface area contributed by atoms with Crippen molar-refractivity contribution in [1.82, 2.24) is 4.57 Å². The summed E-state index contributed by atoms with van der Waals surface area (Å²) >= 11 is 0. The summed E-state index contributed by atoms with van der Waals surface area (Å²) < 4.78 is 2.44. The fourth-order valence-corrected chi connectivity index (χ4v) is 4.42. The van der Waals surface area contributed by atoms with Crippen molar-refractivity contribution >= 4 is 27.4 Å². The van der Waals surface area contributed by atoms with Gasteiger partial charge >= 0.3 is 0 Å². The predicted molar refractivity (Wildman–Crippen MR) is 122 cm³/mol. The lowest BCUT2D eigenvalue weighted by Gasteiger charge is -2.12. The fourth-order valence-electron chi connectivity index (χ4n) is 4.42. The molecular weight excluding hydrogens is 338 g/mol. The van der Waals surface area contributed by atoms with Crippen LogP contribution in [0.15, 0.2) is 85.0 Å². The Morgan fingerprint density at radius 3 is 2.18 bits per heavy atom. The van der Waals surface area contributed by atoms with Crippen LogP contribution in [0.3, 0.4) is 0 Å². The Kier molecular flexibility index (Phi) is 4.16. The number of hydrogen-bond donors (Lipinski definition) is 0. The topological polar surface area (TPSA) is 4.93 Å². The third-order valence-electron chi connectivity index (χ3n) is 5.77. The first kappa shape index (κ1) is 17.1. The van der Waals surface area contributed by atoms with E-state index in [0.717, 1.165) is 12.8 Å². The molecule has 0 bridgehead atoms. The Labute approximate surface area is 166 Å². The third-order valence-corrected chi connectivity index (χ3v) is 5.77. The summed E-state index contributed by atoms with van der Waals surface area (Å²) in [6.07, 6.45) is 9.14. The molecule has 0 N–H and O–H groups in total. The first-order valence-corrected chi connectivity index (χ1v) is 10.2. The first-order chi connectivity index (χ1) is 13.7. The van der Waals surface area contributed by atoms with E-state index in [1.54, 1.807) is 0 Å². The highest BCUT2D eigenvalue weighted by molar-refractivity contribution is 6.09. The minimum Gasteiger partial charge on any atom is -0.338 e. The molecule has 1 heteroatoms. The summed E-state index contributed by atoms with van der Waals surface area (Å²) in [6, 6.07) is 25.1. The summed E-state index contributed by atoms with van der Waals surface area (Å²) in [5, 5.41) is 2.67. The molecule has 0 spiro atoms. The van der Waals surface area contributed by atoms with Gasteiger partial charge in [0.2, 0.25) is 0 Å². The quantitative estimate of drug-likeness (QED) is 0.350. The van der Waals surface area contributed by atoms with E-state index >= 15 is 0 Å². The van der Waals surface area contributed by atoms with Gasteiger partial charge in [-0.1, -0.05) is 66.8 Å². The second kappa shape index (κ2) is 6.83. The molecule has 4 aromatic rings. The van der Waals surface area contributed by atoms with Gasteiger partial charge in [0.15, 0.2) is 0 Å². The maximum Gasteiger partial charge on any atom is 0.0494 e. The molecule has 0 amide bonds. The van der Waals surface area contributed by atoms with E-state index < -0.39 is 0 Å². The fraction of sp³-hybridized carbons (Fsp3) is 0.185. The number of benzene rings is 3. The molecule has 1 aromatic heterocycles. The zero-order valence-corrected chi connectivity index (χ0v) is 16.5. The molecule has 0 aliphatic heterocycles. The Balaban J connectivity index is 1.61. The average Bonchev–Trinajstić information content (AvgIpc) is 3.08. The zero-order chi connectivity index (χ0) is 19.1. The van der Waals surface area contributed by atoms with E-state index in [2.05, 4.69) is 103 Å². The number of fused-ring (bicyclic) bond motifs is 3.